The average Bonchev–Trinajstić information content (AvgIpc) is 3.61. The monoisotopic (exact) mass is 500 g/mol. The molecule has 1 N–H and O–H groups in total. The van der Waals surface area contributed by atoms with Gasteiger partial charge in [0.15, 0.2) is 17.3 Å². The molecule has 1 fully saturated rings. The number of methoxy groups -OCH3 is 2. The lowest BCUT2D eigenvalue weighted by molar-refractivity contribution is -0.122. The molecule has 3 rings (SSSR count). The Kier molecular flexibility index (Phi) is 8.87. The number of ether oxygens (including phenoxy) is 3. The van der Waals surface area contributed by atoms with E-state index in [0.717, 1.165) is 6.21 Å². The Balaban J connectivity index is 1.80. The number of nitrogens with zero attached hydrogens (tertiary/aromatic N) is 3. The second-order valence-corrected chi connectivity index (χ2v) is 8.46. The Morgan fingerprint density at radius 1 is 1.36 bits per heavy atom. The summed E-state index contributed by atoms with van der Waals surface area (Å²) in [5.74, 6) is -0.707. The standard InChI is InChI=1S/C26H30F2N4O4/c1-6-16(2)21(28)11-29-15-31-25(33)19-10-26(19,18-7-8-20(27)23(9-18)35-5)14-36-24-12-30-17(3)32-22(24)13-34-4/h6-9,11-12,19H,1,10,13-15H2,2-5H3,(H,31,33)/b21-16+,29-11-/t19?,26-/m1/s1. The second kappa shape index (κ2) is 11.9. The van der Waals surface area contributed by atoms with Crippen molar-refractivity contribution in [3.05, 3.63) is 71.3 Å². The van der Waals surface area contributed by atoms with Crippen LogP contribution in [0.15, 0.2) is 53.4 Å². The minimum Gasteiger partial charge on any atom is -0.494 e. The summed E-state index contributed by atoms with van der Waals surface area (Å²) in [6.07, 6.45) is 4.44. The molecule has 1 aliphatic carbocycles. The number of carbonyl (C=O) groups excluding carboxylic acids is 1. The summed E-state index contributed by atoms with van der Waals surface area (Å²) in [5, 5.41) is 2.70. The molecular formula is C26H30F2N4O4. The summed E-state index contributed by atoms with van der Waals surface area (Å²) in [7, 11) is 2.93. The molecule has 1 aliphatic rings. The fourth-order valence-electron chi connectivity index (χ4n) is 3.83. The zero-order valence-corrected chi connectivity index (χ0v) is 20.8. The Morgan fingerprint density at radius 2 is 2.14 bits per heavy atom. The van der Waals surface area contributed by atoms with Crippen LogP contribution in [0.5, 0.6) is 11.5 Å². The molecule has 2 atom stereocenters. The zero-order chi connectivity index (χ0) is 26.3. The summed E-state index contributed by atoms with van der Waals surface area (Å²) in [6, 6.07) is 4.49. The predicted octanol–water partition coefficient (Wildman–Crippen LogP) is 3.99. The quantitative estimate of drug-likeness (QED) is 0.350. The molecule has 1 heterocycles. The molecule has 1 amide bonds. The van der Waals surface area contributed by atoms with E-state index >= 15 is 0 Å². The van der Waals surface area contributed by atoms with Crippen molar-refractivity contribution in [1.29, 1.82) is 0 Å². The number of amides is 1. The highest BCUT2D eigenvalue weighted by molar-refractivity contribution is 5.85. The summed E-state index contributed by atoms with van der Waals surface area (Å²) in [4.78, 5) is 25.4. The number of aromatic nitrogens is 2. The molecular weight excluding hydrogens is 470 g/mol. The van der Waals surface area contributed by atoms with Crippen LogP contribution in [0.2, 0.25) is 0 Å². The molecule has 1 aromatic heterocycles. The number of aryl methyl sites for hydroxylation is 1. The molecule has 1 aromatic carbocycles. The Bertz CT molecular complexity index is 1180. The highest BCUT2D eigenvalue weighted by Gasteiger charge is 2.60. The number of rotatable bonds is 12. The van der Waals surface area contributed by atoms with Crippen LogP contribution in [0.4, 0.5) is 8.78 Å². The number of benzene rings is 1. The molecule has 0 radical (unpaired) electrons. The lowest BCUT2D eigenvalue weighted by Gasteiger charge is -2.20. The van der Waals surface area contributed by atoms with E-state index in [1.165, 1.54) is 19.3 Å². The summed E-state index contributed by atoms with van der Waals surface area (Å²) in [5.41, 5.74) is 0.884. The van der Waals surface area contributed by atoms with E-state index < -0.39 is 23.0 Å². The van der Waals surface area contributed by atoms with Crippen LogP contribution in [0.3, 0.4) is 0 Å². The van der Waals surface area contributed by atoms with Crippen molar-refractivity contribution in [2.75, 3.05) is 27.5 Å². The van der Waals surface area contributed by atoms with Crippen molar-refractivity contribution in [2.45, 2.75) is 32.3 Å². The third-order valence-corrected chi connectivity index (χ3v) is 6.07. The summed E-state index contributed by atoms with van der Waals surface area (Å²) >= 11 is 0. The lowest BCUT2D eigenvalue weighted by atomic mass is 9.93. The first-order valence-corrected chi connectivity index (χ1v) is 11.3. The zero-order valence-electron chi connectivity index (χ0n) is 20.8. The topological polar surface area (TPSA) is 94.9 Å². The van der Waals surface area contributed by atoms with Gasteiger partial charge in [0.1, 0.15) is 24.0 Å². The number of halogens is 2. The molecule has 0 bridgehead atoms. The van der Waals surface area contributed by atoms with Gasteiger partial charge >= 0.3 is 0 Å². The van der Waals surface area contributed by atoms with Crippen LogP contribution in [-0.2, 0) is 21.6 Å². The van der Waals surface area contributed by atoms with Crippen LogP contribution >= 0.6 is 0 Å². The SMILES string of the molecule is C=C/C(C)=C(F)\C=N/CNC(=O)C1C[C@@]1(COc1cnc(C)nc1COC)c1ccc(F)c(OC)c1. The van der Waals surface area contributed by atoms with Crippen LogP contribution < -0.4 is 14.8 Å². The van der Waals surface area contributed by atoms with E-state index in [2.05, 4.69) is 26.9 Å². The van der Waals surface area contributed by atoms with Crippen molar-refractivity contribution < 1.29 is 27.8 Å². The number of hydrogen-bond donors (Lipinski definition) is 1. The van der Waals surface area contributed by atoms with Gasteiger partial charge in [-0.2, -0.15) is 0 Å². The van der Waals surface area contributed by atoms with Crippen molar-refractivity contribution >= 4 is 12.1 Å². The van der Waals surface area contributed by atoms with E-state index in [4.69, 9.17) is 14.2 Å². The number of allylic oxidation sites excluding steroid dienone is 3. The van der Waals surface area contributed by atoms with Crippen LogP contribution in [0.1, 0.15) is 30.4 Å². The first-order chi connectivity index (χ1) is 17.2. The largest absolute Gasteiger partial charge is 0.494 e. The lowest BCUT2D eigenvalue weighted by Crippen LogP contribution is -2.31. The number of hydrogen-bond acceptors (Lipinski definition) is 7. The predicted molar refractivity (Wildman–Crippen MR) is 131 cm³/mol. The van der Waals surface area contributed by atoms with Crippen LogP contribution in [0, 0.1) is 18.7 Å². The molecule has 0 saturated heterocycles. The van der Waals surface area contributed by atoms with Gasteiger partial charge < -0.3 is 19.5 Å². The van der Waals surface area contributed by atoms with Gasteiger partial charge in [-0.25, -0.2) is 18.7 Å². The third kappa shape index (κ3) is 6.12. The van der Waals surface area contributed by atoms with Crippen molar-refractivity contribution in [2.24, 2.45) is 10.9 Å². The summed E-state index contributed by atoms with van der Waals surface area (Å²) in [6.45, 7) is 7.08. The maximum absolute atomic E-state index is 14.1. The normalized spacial score (nSPS) is 19.6. The molecule has 192 valence electrons. The Hall–Kier alpha value is -3.66. The van der Waals surface area contributed by atoms with Gasteiger partial charge in [-0.05, 0) is 43.5 Å². The molecule has 0 spiro atoms. The van der Waals surface area contributed by atoms with E-state index in [-0.39, 0.29) is 31.5 Å². The van der Waals surface area contributed by atoms with Gasteiger partial charge in [-0.3, -0.25) is 9.79 Å². The highest BCUT2D eigenvalue weighted by Crippen LogP contribution is 2.55. The molecule has 10 heteroatoms. The third-order valence-electron chi connectivity index (χ3n) is 6.07. The number of carbonyl (C=O) groups is 1. The van der Waals surface area contributed by atoms with Gasteiger partial charge in [0.2, 0.25) is 5.91 Å². The minimum atomic E-state index is -0.741. The molecule has 1 saturated carbocycles. The van der Waals surface area contributed by atoms with Gasteiger partial charge in [0.05, 0.1) is 38.7 Å². The van der Waals surface area contributed by atoms with Crippen LogP contribution in [0.25, 0.3) is 0 Å². The van der Waals surface area contributed by atoms with Crippen molar-refractivity contribution in [3.8, 4) is 11.5 Å². The van der Waals surface area contributed by atoms with Crippen molar-refractivity contribution in [3.63, 3.8) is 0 Å². The van der Waals surface area contributed by atoms with E-state index in [1.54, 1.807) is 39.3 Å². The fraction of sp³-hybridized carbons (Fsp3) is 0.385. The first-order valence-electron chi connectivity index (χ1n) is 11.3. The minimum absolute atomic E-state index is 0.0705. The van der Waals surface area contributed by atoms with E-state index in [9.17, 15) is 13.6 Å². The highest BCUT2D eigenvalue weighted by atomic mass is 19.1. The van der Waals surface area contributed by atoms with Gasteiger partial charge in [0, 0.05) is 12.5 Å². The fourth-order valence-corrected chi connectivity index (χ4v) is 3.83. The Labute approximate surface area is 209 Å². The molecule has 2 aromatic rings. The number of aliphatic imine (C=N–C) groups is 1. The van der Waals surface area contributed by atoms with Crippen molar-refractivity contribution in [1.82, 2.24) is 15.3 Å². The number of nitrogens with one attached hydrogen (secondary N) is 1. The molecule has 8 nitrogen and oxygen atoms in total. The smallest absolute Gasteiger partial charge is 0.225 e. The average molecular weight is 501 g/mol. The maximum atomic E-state index is 14.1. The maximum Gasteiger partial charge on any atom is 0.225 e. The molecule has 36 heavy (non-hydrogen) atoms. The molecule has 1 unspecified atom stereocenters. The van der Waals surface area contributed by atoms with Gasteiger partial charge in [0.25, 0.3) is 0 Å². The van der Waals surface area contributed by atoms with Gasteiger partial charge in [-0.15, -0.1) is 0 Å². The van der Waals surface area contributed by atoms with Gasteiger partial charge in [-0.1, -0.05) is 18.7 Å². The van der Waals surface area contributed by atoms with E-state index in [0.29, 0.717) is 34.8 Å². The molecule has 0 aliphatic heterocycles. The summed E-state index contributed by atoms with van der Waals surface area (Å²) < 4.78 is 44.3. The second-order valence-electron chi connectivity index (χ2n) is 8.46. The Morgan fingerprint density at radius 3 is 2.83 bits per heavy atom. The van der Waals surface area contributed by atoms with E-state index in [1.807, 2.05) is 0 Å². The van der Waals surface area contributed by atoms with Crippen LogP contribution in [-0.4, -0.2) is 49.6 Å². The first kappa shape index (κ1) is 26.9.